The molecule has 0 saturated carbocycles. The number of carbonyl (C=O) groups excluding carboxylic acids is 2. The molecule has 98 valence electrons. The third-order valence-electron chi connectivity index (χ3n) is 2.65. The van der Waals surface area contributed by atoms with Crippen molar-refractivity contribution < 1.29 is 19.1 Å². The topological polar surface area (TPSA) is 105 Å². The molecule has 1 aromatic rings. The lowest BCUT2D eigenvalue weighted by atomic mass is 9.94. The first-order chi connectivity index (χ1) is 8.54. The maximum absolute atomic E-state index is 11.1. The Morgan fingerprint density at radius 1 is 1.28 bits per heavy atom. The molecular formula is C12H16N2O4. The molecule has 1 rings (SSSR count). The Bertz CT molecular complexity index is 448. The SMILES string of the molecule is COc1ccc(C(N)C(C=O)C(N)=O)cc1OC. The number of methoxy groups -OCH3 is 2. The molecule has 6 nitrogen and oxygen atoms in total. The normalized spacial score (nSPS) is 13.5. The summed E-state index contributed by atoms with van der Waals surface area (Å²) in [6.45, 7) is 0. The van der Waals surface area contributed by atoms with Crippen LogP contribution in [0.3, 0.4) is 0 Å². The van der Waals surface area contributed by atoms with Crippen molar-refractivity contribution in [3.05, 3.63) is 23.8 Å². The van der Waals surface area contributed by atoms with Crippen molar-refractivity contribution in [2.75, 3.05) is 14.2 Å². The minimum absolute atomic E-state index is 0.448. The number of primary amides is 1. The Kier molecular flexibility index (Phi) is 4.67. The van der Waals surface area contributed by atoms with E-state index >= 15 is 0 Å². The summed E-state index contributed by atoms with van der Waals surface area (Å²) in [4.78, 5) is 21.9. The van der Waals surface area contributed by atoms with Crippen molar-refractivity contribution in [2.24, 2.45) is 17.4 Å². The number of amides is 1. The molecule has 0 aromatic heterocycles. The van der Waals surface area contributed by atoms with Crippen LogP contribution in [0, 0.1) is 5.92 Å². The Hall–Kier alpha value is -2.08. The summed E-state index contributed by atoms with van der Waals surface area (Å²) in [5, 5.41) is 0. The smallest absolute Gasteiger partial charge is 0.229 e. The second kappa shape index (κ2) is 6.02. The number of aldehydes is 1. The van der Waals surface area contributed by atoms with Gasteiger partial charge in [0.25, 0.3) is 0 Å². The Morgan fingerprint density at radius 2 is 1.89 bits per heavy atom. The van der Waals surface area contributed by atoms with Crippen molar-refractivity contribution in [1.29, 1.82) is 0 Å². The van der Waals surface area contributed by atoms with Gasteiger partial charge in [0.2, 0.25) is 5.91 Å². The van der Waals surface area contributed by atoms with Gasteiger partial charge in [0.15, 0.2) is 11.5 Å². The molecule has 2 atom stereocenters. The summed E-state index contributed by atoms with van der Waals surface area (Å²) in [6, 6.07) is 4.12. The molecular weight excluding hydrogens is 236 g/mol. The highest BCUT2D eigenvalue weighted by atomic mass is 16.5. The summed E-state index contributed by atoms with van der Waals surface area (Å²) >= 11 is 0. The highest BCUT2D eigenvalue weighted by Crippen LogP contribution is 2.30. The van der Waals surface area contributed by atoms with Crippen LogP contribution in [0.1, 0.15) is 11.6 Å². The molecule has 6 heteroatoms. The number of benzene rings is 1. The van der Waals surface area contributed by atoms with Gasteiger partial charge in [-0.3, -0.25) is 4.79 Å². The third-order valence-corrected chi connectivity index (χ3v) is 2.65. The molecule has 0 aliphatic carbocycles. The molecule has 1 aromatic carbocycles. The first kappa shape index (κ1) is 14.0. The zero-order valence-electron chi connectivity index (χ0n) is 10.3. The van der Waals surface area contributed by atoms with Crippen molar-refractivity contribution in [2.45, 2.75) is 6.04 Å². The Morgan fingerprint density at radius 3 is 2.33 bits per heavy atom. The molecule has 1 amide bonds. The van der Waals surface area contributed by atoms with E-state index in [1.165, 1.54) is 14.2 Å². The number of nitrogens with two attached hydrogens (primary N) is 2. The van der Waals surface area contributed by atoms with E-state index in [0.717, 1.165) is 0 Å². The first-order valence-electron chi connectivity index (χ1n) is 5.27. The van der Waals surface area contributed by atoms with Crippen LogP contribution in [0.25, 0.3) is 0 Å². The summed E-state index contributed by atoms with van der Waals surface area (Å²) in [6.07, 6.45) is 0.448. The van der Waals surface area contributed by atoms with E-state index in [4.69, 9.17) is 20.9 Å². The van der Waals surface area contributed by atoms with Gasteiger partial charge in [-0.1, -0.05) is 6.07 Å². The lowest BCUT2D eigenvalue weighted by molar-refractivity contribution is -0.127. The molecule has 4 N–H and O–H groups in total. The van der Waals surface area contributed by atoms with Crippen LogP contribution < -0.4 is 20.9 Å². The van der Waals surface area contributed by atoms with E-state index in [2.05, 4.69) is 0 Å². The second-order valence-electron chi connectivity index (χ2n) is 3.70. The highest BCUT2D eigenvalue weighted by molar-refractivity contribution is 5.91. The minimum Gasteiger partial charge on any atom is -0.493 e. The third kappa shape index (κ3) is 2.78. The van der Waals surface area contributed by atoms with Gasteiger partial charge >= 0.3 is 0 Å². The summed E-state index contributed by atoms with van der Waals surface area (Å²) in [5.41, 5.74) is 11.5. The lowest BCUT2D eigenvalue weighted by Gasteiger charge is -2.17. The maximum Gasteiger partial charge on any atom is 0.229 e. The van der Waals surface area contributed by atoms with Crippen molar-refractivity contribution in [3.63, 3.8) is 0 Å². The molecule has 0 spiro atoms. The van der Waals surface area contributed by atoms with Crippen LogP contribution in [0.2, 0.25) is 0 Å². The van der Waals surface area contributed by atoms with Crippen LogP contribution in [-0.2, 0) is 9.59 Å². The zero-order chi connectivity index (χ0) is 13.7. The molecule has 18 heavy (non-hydrogen) atoms. The fourth-order valence-corrected chi connectivity index (χ4v) is 1.60. The number of hydrogen-bond donors (Lipinski definition) is 2. The number of hydrogen-bond acceptors (Lipinski definition) is 5. The molecule has 0 heterocycles. The highest BCUT2D eigenvalue weighted by Gasteiger charge is 2.25. The van der Waals surface area contributed by atoms with Crippen molar-refractivity contribution >= 4 is 12.2 Å². The van der Waals surface area contributed by atoms with E-state index in [9.17, 15) is 9.59 Å². The minimum atomic E-state index is -1.07. The fraction of sp³-hybridized carbons (Fsp3) is 0.333. The van der Waals surface area contributed by atoms with Crippen molar-refractivity contribution in [1.82, 2.24) is 0 Å². The molecule has 0 radical (unpaired) electrons. The van der Waals surface area contributed by atoms with Gasteiger partial charge in [-0.15, -0.1) is 0 Å². The van der Waals surface area contributed by atoms with Crippen LogP contribution in [0.4, 0.5) is 0 Å². The van der Waals surface area contributed by atoms with E-state index in [-0.39, 0.29) is 0 Å². The van der Waals surface area contributed by atoms with Gasteiger partial charge in [0.1, 0.15) is 12.2 Å². The number of ether oxygens (including phenoxy) is 2. The average Bonchev–Trinajstić information content (AvgIpc) is 2.38. The zero-order valence-corrected chi connectivity index (χ0v) is 10.3. The van der Waals surface area contributed by atoms with Crippen molar-refractivity contribution in [3.8, 4) is 11.5 Å². The Labute approximate surface area is 105 Å². The van der Waals surface area contributed by atoms with Gasteiger partial charge in [-0.05, 0) is 17.7 Å². The summed E-state index contributed by atoms with van der Waals surface area (Å²) < 4.78 is 10.2. The van der Waals surface area contributed by atoms with Crippen LogP contribution in [0.15, 0.2) is 18.2 Å². The number of carbonyl (C=O) groups is 2. The second-order valence-corrected chi connectivity index (χ2v) is 3.70. The monoisotopic (exact) mass is 252 g/mol. The first-order valence-corrected chi connectivity index (χ1v) is 5.27. The van der Waals surface area contributed by atoms with E-state index in [1.54, 1.807) is 18.2 Å². The maximum atomic E-state index is 11.1. The van der Waals surface area contributed by atoms with Crippen LogP contribution >= 0.6 is 0 Å². The quantitative estimate of drug-likeness (QED) is 0.548. The van der Waals surface area contributed by atoms with Crippen LogP contribution in [0.5, 0.6) is 11.5 Å². The average molecular weight is 252 g/mol. The van der Waals surface area contributed by atoms with Gasteiger partial charge < -0.3 is 25.7 Å². The fourth-order valence-electron chi connectivity index (χ4n) is 1.60. The van der Waals surface area contributed by atoms with Gasteiger partial charge in [0.05, 0.1) is 14.2 Å². The predicted octanol–water partition coefficient (Wildman–Crippen LogP) is 0.00400. The standard InChI is InChI=1S/C12H16N2O4/c1-17-9-4-3-7(5-10(9)18-2)11(13)8(6-15)12(14)16/h3-6,8,11H,13H2,1-2H3,(H2,14,16). The van der Waals surface area contributed by atoms with Gasteiger partial charge in [-0.2, -0.15) is 0 Å². The van der Waals surface area contributed by atoms with Gasteiger partial charge in [0, 0.05) is 6.04 Å². The predicted molar refractivity (Wildman–Crippen MR) is 65.2 cm³/mol. The molecule has 0 aliphatic rings. The van der Waals surface area contributed by atoms with Crippen LogP contribution in [-0.4, -0.2) is 26.4 Å². The molecule has 0 fully saturated rings. The molecule has 0 saturated heterocycles. The molecule has 0 bridgehead atoms. The molecule has 2 unspecified atom stereocenters. The summed E-state index contributed by atoms with van der Waals surface area (Å²) in [5.74, 6) is -0.815. The van der Waals surface area contributed by atoms with Gasteiger partial charge in [-0.25, -0.2) is 0 Å². The number of rotatable bonds is 6. The van der Waals surface area contributed by atoms with E-state index in [0.29, 0.717) is 23.3 Å². The Balaban J connectivity index is 3.09. The van der Waals surface area contributed by atoms with E-state index < -0.39 is 17.9 Å². The molecule has 0 aliphatic heterocycles. The largest absolute Gasteiger partial charge is 0.493 e. The van der Waals surface area contributed by atoms with E-state index in [1.807, 2.05) is 0 Å². The lowest BCUT2D eigenvalue weighted by Crippen LogP contribution is -2.34. The summed E-state index contributed by atoms with van der Waals surface area (Å²) in [7, 11) is 2.99.